The van der Waals surface area contributed by atoms with Crippen molar-refractivity contribution in [3.63, 3.8) is 0 Å². The van der Waals surface area contributed by atoms with Crippen molar-refractivity contribution in [3.8, 4) is 11.5 Å². The van der Waals surface area contributed by atoms with Crippen LogP contribution in [0.15, 0.2) is 108 Å². The molecule has 0 aliphatic heterocycles. The summed E-state index contributed by atoms with van der Waals surface area (Å²) < 4.78 is 10.7. The summed E-state index contributed by atoms with van der Waals surface area (Å²) >= 11 is 0. The van der Waals surface area contributed by atoms with Crippen LogP contribution in [0.4, 0.5) is 5.69 Å². The topological polar surface area (TPSA) is 140 Å². The van der Waals surface area contributed by atoms with Gasteiger partial charge in [-0.05, 0) is 47.0 Å². The predicted molar refractivity (Wildman–Crippen MR) is 143 cm³/mol. The summed E-state index contributed by atoms with van der Waals surface area (Å²) in [6.45, 7) is 0. The maximum absolute atomic E-state index is 13.2. The van der Waals surface area contributed by atoms with Crippen molar-refractivity contribution in [2.24, 2.45) is 5.10 Å². The summed E-state index contributed by atoms with van der Waals surface area (Å²) in [6.07, 6.45) is 1.35. The molecule has 0 heterocycles. The van der Waals surface area contributed by atoms with Crippen LogP contribution in [0.2, 0.25) is 0 Å². The average molecular weight is 526 g/mol. The standard InChI is InChI=1S/C29H23N3O7/c1-38-26-18-20(12-17-25(26)39-27(33)21-13-15-24(16-14-21)32(36)37)19-30-31-28(34)29(35,22-8-4-2-5-9-22)23-10-6-3-7-11-23/h2-19,35H,1H3,(H,31,34)/b30-19+. The molecule has 196 valence electrons. The summed E-state index contributed by atoms with van der Waals surface area (Å²) in [4.78, 5) is 35.9. The first-order chi connectivity index (χ1) is 18.8. The van der Waals surface area contributed by atoms with E-state index in [4.69, 9.17) is 9.47 Å². The first-order valence-electron chi connectivity index (χ1n) is 11.6. The number of ether oxygens (including phenoxy) is 2. The third-order valence-electron chi connectivity index (χ3n) is 5.80. The van der Waals surface area contributed by atoms with Gasteiger partial charge in [-0.2, -0.15) is 5.10 Å². The maximum atomic E-state index is 13.2. The molecule has 0 aliphatic carbocycles. The Morgan fingerprint density at radius 2 is 1.49 bits per heavy atom. The number of methoxy groups -OCH3 is 1. The molecule has 0 saturated carbocycles. The van der Waals surface area contributed by atoms with Gasteiger partial charge in [0.2, 0.25) is 0 Å². The van der Waals surface area contributed by atoms with Crippen molar-refractivity contribution >= 4 is 23.8 Å². The van der Waals surface area contributed by atoms with E-state index in [1.807, 2.05) is 0 Å². The summed E-state index contributed by atoms with van der Waals surface area (Å²) in [5, 5.41) is 26.3. The molecule has 0 radical (unpaired) electrons. The van der Waals surface area contributed by atoms with Gasteiger partial charge in [0, 0.05) is 12.1 Å². The molecule has 0 unspecified atom stereocenters. The zero-order valence-electron chi connectivity index (χ0n) is 20.7. The first-order valence-corrected chi connectivity index (χ1v) is 11.6. The van der Waals surface area contributed by atoms with Crippen LogP contribution in [-0.4, -0.2) is 35.2 Å². The molecule has 2 N–H and O–H groups in total. The van der Waals surface area contributed by atoms with E-state index in [2.05, 4.69) is 10.5 Å². The molecule has 0 spiro atoms. The lowest BCUT2D eigenvalue weighted by Gasteiger charge is -2.27. The molecule has 0 atom stereocenters. The van der Waals surface area contributed by atoms with E-state index in [1.54, 1.807) is 66.7 Å². The smallest absolute Gasteiger partial charge is 0.343 e. The highest BCUT2D eigenvalue weighted by Gasteiger charge is 2.39. The fourth-order valence-electron chi connectivity index (χ4n) is 3.76. The normalized spacial score (nSPS) is 11.1. The van der Waals surface area contributed by atoms with Crippen molar-refractivity contribution in [2.75, 3.05) is 7.11 Å². The van der Waals surface area contributed by atoms with Gasteiger partial charge in [0.1, 0.15) is 0 Å². The Kier molecular flexibility index (Phi) is 8.08. The van der Waals surface area contributed by atoms with E-state index in [0.29, 0.717) is 16.7 Å². The van der Waals surface area contributed by atoms with Crippen LogP contribution in [0.25, 0.3) is 0 Å². The largest absolute Gasteiger partial charge is 0.493 e. The van der Waals surface area contributed by atoms with E-state index in [9.17, 15) is 24.8 Å². The average Bonchev–Trinajstić information content (AvgIpc) is 2.98. The van der Waals surface area contributed by atoms with Crippen molar-refractivity contribution in [3.05, 3.63) is 135 Å². The van der Waals surface area contributed by atoms with Crippen LogP contribution in [0.5, 0.6) is 11.5 Å². The highest BCUT2D eigenvalue weighted by Crippen LogP contribution is 2.30. The van der Waals surface area contributed by atoms with Gasteiger partial charge in [0.25, 0.3) is 11.6 Å². The van der Waals surface area contributed by atoms with Gasteiger partial charge >= 0.3 is 5.97 Å². The second kappa shape index (κ2) is 11.8. The molecule has 0 saturated heterocycles. The van der Waals surface area contributed by atoms with E-state index >= 15 is 0 Å². The molecule has 4 rings (SSSR count). The summed E-state index contributed by atoms with van der Waals surface area (Å²) in [6, 6.07) is 26.7. The molecule has 0 aromatic heterocycles. The number of hydrazone groups is 1. The third kappa shape index (κ3) is 5.97. The van der Waals surface area contributed by atoms with Crippen molar-refractivity contribution < 1.29 is 29.1 Å². The number of hydrogen-bond acceptors (Lipinski definition) is 8. The van der Waals surface area contributed by atoms with Crippen LogP contribution in [0.1, 0.15) is 27.0 Å². The van der Waals surface area contributed by atoms with Gasteiger partial charge in [-0.25, -0.2) is 10.2 Å². The van der Waals surface area contributed by atoms with Gasteiger partial charge in [-0.1, -0.05) is 60.7 Å². The van der Waals surface area contributed by atoms with Crippen LogP contribution < -0.4 is 14.9 Å². The lowest BCUT2D eigenvalue weighted by Crippen LogP contribution is -2.43. The Bertz CT molecular complexity index is 1470. The molecule has 39 heavy (non-hydrogen) atoms. The molecule has 4 aromatic rings. The quantitative estimate of drug-likeness (QED) is 0.110. The summed E-state index contributed by atoms with van der Waals surface area (Å²) in [5.74, 6) is -1.15. The Labute approximate surface area is 223 Å². The number of amides is 1. The van der Waals surface area contributed by atoms with Crippen LogP contribution >= 0.6 is 0 Å². The van der Waals surface area contributed by atoms with Crippen LogP contribution in [-0.2, 0) is 10.4 Å². The fraction of sp³-hybridized carbons (Fsp3) is 0.0690. The number of hydrogen-bond donors (Lipinski definition) is 2. The van der Waals surface area contributed by atoms with Gasteiger partial charge in [0.15, 0.2) is 17.1 Å². The molecule has 0 aliphatic rings. The molecule has 0 bridgehead atoms. The molecular formula is C29H23N3O7. The minimum Gasteiger partial charge on any atom is -0.493 e. The fourth-order valence-corrected chi connectivity index (χ4v) is 3.76. The summed E-state index contributed by atoms with van der Waals surface area (Å²) in [7, 11) is 1.39. The number of rotatable bonds is 9. The molecule has 4 aromatic carbocycles. The van der Waals surface area contributed by atoms with Gasteiger partial charge < -0.3 is 14.6 Å². The second-order valence-electron chi connectivity index (χ2n) is 8.25. The van der Waals surface area contributed by atoms with Crippen LogP contribution in [0.3, 0.4) is 0 Å². The van der Waals surface area contributed by atoms with E-state index < -0.39 is 22.4 Å². The number of aliphatic hydroxyl groups is 1. The number of esters is 1. The molecule has 10 nitrogen and oxygen atoms in total. The van der Waals surface area contributed by atoms with Crippen molar-refractivity contribution in [1.82, 2.24) is 5.43 Å². The highest BCUT2D eigenvalue weighted by molar-refractivity contribution is 5.92. The summed E-state index contributed by atoms with van der Waals surface area (Å²) in [5.41, 5.74) is 1.66. The number of carbonyl (C=O) groups is 2. The number of carbonyl (C=O) groups excluding carboxylic acids is 2. The van der Waals surface area contributed by atoms with E-state index in [-0.39, 0.29) is 22.7 Å². The highest BCUT2D eigenvalue weighted by atomic mass is 16.6. The molecule has 0 fully saturated rings. The Hall–Kier alpha value is -5.35. The lowest BCUT2D eigenvalue weighted by atomic mass is 9.85. The number of nitrogens with zero attached hydrogens (tertiary/aromatic N) is 2. The lowest BCUT2D eigenvalue weighted by molar-refractivity contribution is -0.384. The van der Waals surface area contributed by atoms with Gasteiger partial charge in [0.05, 0.1) is 23.8 Å². The van der Waals surface area contributed by atoms with Gasteiger partial charge in [-0.3, -0.25) is 14.9 Å². The Morgan fingerprint density at radius 3 is 2.03 bits per heavy atom. The molecular weight excluding hydrogens is 502 g/mol. The monoisotopic (exact) mass is 525 g/mol. The van der Waals surface area contributed by atoms with Crippen LogP contribution in [0, 0.1) is 10.1 Å². The zero-order valence-corrected chi connectivity index (χ0v) is 20.7. The number of nitro groups is 1. The van der Waals surface area contributed by atoms with Gasteiger partial charge in [-0.15, -0.1) is 0 Å². The van der Waals surface area contributed by atoms with E-state index in [0.717, 1.165) is 0 Å². The minimum atomic E-state index is -1.98. The Balaban J connectivity index is 1.49. The zero-order chi connectivity index (χ0) is 27.8. The van der Waals surface area contributed by atoms with E-state index in [1.165, 1.54) is 49.7 Å². The minimum absolute atomic E-state index is 0.115. The number of nitro benzene ring substituents is 1. The first kappa shape index (κ1) is 26.7. The van der Waals surface area contributed by atoms with Crippen molar-refractivity contribution in [2.45, 2.75) is 5.60 Å². The predicted octanol–water partition coefficient (Wildman–Crippen LogP) is 4.21. The third-order valence-corrected chi connectivity index (χ3v) is 5.80. The SMILES string of the molecule is COc1cc(/C=N/NC(=O)C(O)(c2ccccc2)c2ccccc2)ccc1OC(=O)c1ccc([N+](=O)[O-])cc1. The Morgan fingerprint density at radius 1 is 0.897 bits per heavy atom. The number of benzene rings is 4. The number of non-ortho nitro benzene ring substituents is 1. The maximum Gasteiger partial charge on any atom is 0.343 e. The van der Waals surface area contributed by atoms with Crippen molar-refractivity contribution in [1.29, 1.82) is 0 Å². The molecule has 1 amide bonds. The second-order valence-corrected chi connectivity index (χ2v) is 8.25. The molecule has 10 heteroatoms. The number of nitrogens with one attached hydrogen (secondary N) is 1.